The highest BCUT2D eigenvalue weighted by Gasteiger charge is 2.27. The van der Waals surface area contributed by atoms with Gasteiger partial charge in [-0.05, 0) is 6.92 Å². The molecule has 0 aliphatic carbocycles. The van der Waals surface area contributed by atoms with Gasteiger partial charge in [0.15, 0.2) is 5.79 Å². The zero-order valence-corrected chi connectivity index (χ0v) is 7.54. The standard InChI is InChI=1S/C6H12O5S/c1-3-4-11-6(2,7)5-12(8,9)10/h3,7H,1,4-5H2,2H3,(H,8,9,10). The van der Waals surface area contributed by atoms with Gasteiger partial charge in [-0.15, -0.1) is 6.58 Å². The molecule has 5 nitrogen and oxygen atoms in total. The molecule has 0 amide bonds. The normalized spacial score (nSPS) is 16.9. The molecule has 0 aliphatic rings. The van der Waals surface area contributed by atoms with Crippen LogP contribution in [0.4, 0.5) is 0 Å². The van der Waals surface area contributed by atoms with Gasteiger partial charge in [-0.2, -0.15) is 8.42 Å². The third kappa shape index (κ3) is 6.29. The van der Waals surface area contributed by atoms with Gasteiger partial charge in [-0.25, -0.2) is 0 Å². The third-order valence-corrected chi connectivity index (χ3v) is 1.86. The number of ether oxygens (including phenoxy) is 1. The lowest BCUT2D eigenvalue weighted by Crippen LogP contribution is -2.36. The van der Waals surface area contributed by atoms with E-state index in [0.29, 0.717) is 0 Å². The third-order valence-electron chi connectivity index (χ3n) is 0.962. The average Bonchev–Trinajstić information content (AvgIpc) is 1.78. The highest BCUT2D eigenvalue weighted by Crippen LogP contribution is 2.08. The predicted octanol–water partition coefficient (Wildman–Crippen LogP) is -0.215. The van der Waals surface area contributed by atoms with Gasteiger partial charge >= 0.3 is 0 Å². The first kappa shape index (κ1) is 11.6. The van der Waals surface area contributed by atoms with Crippen molar-refractivity contribution >= 4 is 10.1 Å². The molecule has 0 spiro atoms. The summed E-state index contributed by atoms with van der Waals surface area (Å²) in [4.78, 5) is 0. The Labute approximate surface area is 71.4 Å². The van der Waals surface area contributed by atoms with Crippen LogP contribution in [0.25, 0.3) is 0 Å². The van der Waals surface area contributed by atoms with E-state index in [0.717, 1.165) is 6.92 Å². The summed E-state index contributed by atoms with van der Waals surface area (Å²) >= 11 is 0. The maximum absolute atomic E-state index is 10.3. The second-order valence-corrected chi connectivity index (χ2v) is 3.95. The minimum atomic E-state index is -4.22. The molecular formula is C6H12O5S. The average molecular weight is 196 g/mol. The van der Waals surface area contributed by atoms with E-state index < -0.39 is 21.7 Å². The molecule has 0 saturated carbocycles. The highest BCUT2D eigenvalue weighted by molar-refractivity contribution is 7.85. The highest BCUT2D eigenvalue weighted by atomic mass is 32.2. The maximum atomic E-state index is 10.3. The molecule has 12 heavy (non-hydrogen) atoms. The lowest BCUT2D eigenvalue weighted by Gasteiger charge is -2.20. The van der Waals surface area contributed by atoms with Gasteiger partial charge in [0, 0.05) is 0 Å². The van der Waals surface area contributed by atoms with Crippen LogP contribution >= 0.6 is 0 Å². The first-order chi connectivity index (χ1) is 5.27. The molecular weight excluding hydrogens is 184 g/mol. The van der Waals surface area contributed by atoms with Crippen molar-refractivity contribution in [1.82, 2.24) is 0 Å². The number of rotatable bonds is 5. The Hall–Kier alpha value is -0.430. The van der Waals surface area contributed by atoms with Crippen molar-refractivity contribution < 1.29 is 22.8 Å². The van der Waals surface area contributed by atoms with E-state index in [2.05, 4.69) is 11.3 Å². The Morgan fingerprint density at radius 3 is 2.50 bits per heavy atom. The van der Waals surface area contributed by atoms with Crippen molar-refractivity contribution in [2.45, 2.75) is 12.7 Å². The Kier molecular flexibility index (Phi) is 3.85. The molecule has 1 unspecified atom stereocenters. The summed E-state index contributed by atoms with van der Waals surface area (Å²) in [5.74, 6) is -2.73. The number of aliphatic hydroxyl groups is 1. The van der Waals surface area contributed by atoms with E-state index in [4.69, 9.17) is 4.55 Å². The number of hydrogen-bond acceptors (Lipinski definition) is 4. The summed E-state index contributed by atoms with van der Waals surface area (Å²) < 4.78 is 33.6. The van der Waals surface area contributed by atoms with Crippen LogP contribution in [-0.4, -0.2) is 36.2 Å². The van der Waals surface area contributed by atoms with Gasteiger partial charge in [0.1, 0.15) is 5.75 Å². The van der Waals surface area contributed by atoms with Crippen LogP contribution in [-0.2, 0) is 14.9 Å². The van der Waals surface area contributed by atoms with Gasteiger partial charge < -0.3 is 9.84 Å². The predicted molar refractivity (Wildman–Crippen MR) is 43.2 cm³/mol. The van der Waals surface area contributed by atoms with Crippen LogP contribution < -0.4 is 0 Å². The van der Waals surface area contributed by atoms with E-state index in [-0.39, 0.29) is 6.61 Å². The molecule has 2 N–H and O–H groups in total. The van der Waals surface area contributed by atoms with Crippen LogP contribution in [0.5, 0.6) is 0 Å². The summed E-state index contributed by atoms with van der Waals surface area (Å²) in [5.41, 5.74) is 0. The second-order valence-electron chi connectivity index (χ2n) is 2.50. The summed E-state index contributed by atoms with van der Waals surface area (Å²) in [7, 11) is -4.22. The first-order valence-corrected chi connectivity index (χ1v) is 4.80. The fraction of sp³-hybridized carbons (Fsp3) is 0.667. The maximum Gasteiger partial charge on any atom is 0.270 e. The fourth-order valence-corrected chi connectivity index (χ4v) is 1.38. The van der Waals surface area contributed by atoms with Crippen LogP contribution in [0.2, 0.25) is 0 Å². The topological polar surface area (TPSA) is 83.8 Å². The molecule has 0 heterocycles. The van der Waals surface area contributed by atoms with Crippen LogP contribution in [0, 0.1) is 0 Å². The van der Waals surface area contributed by atoms with Crippen LogP contribution in [0.1, 0.15) is 6.92 Å². The Bertz CT molecular complexity index is 241. The summed E-state index contributed by atoms with van der Waals surface area (Å²) in [6.07, 6.45) is 1.36. The van der Waals surface area contributed by atoms with Crippen LogP contribution in [0.15, 0.2) is 12.7 Å². The first-order valence-electron chi connectivity index (χ1n) is 3.19. The quantitative estimate of drug-likeness (QED) is 0.361. The van der Waals surface area contributed by atoms with E-state index in [1.165, 1.54) is 6.08 Å². The molecule has 0 bridgehead atoms. The monoisotopic (exact) mass is 196 g/mol. The lowest BCUT2D eigenvalue weighted by atomic mass is 10.4. The van der Waals surface area contributed by atoms with E-state index in [9.17, 15) is 13.5 Å². The van der Waals surface area contributed by atoms with Crippen molar-refractivity contribution in [3.8, 4) is 0 Å². The minimum absolute atomic E-state index is 0.0164. The molecule has 1 atom stereocenters. The zero-order valence-electron chi connectivity index (χ0n) is 6.73. The second kappa shape index (κ2) is 3.99. The molecule has 0 aromatic heterocycles. The van der Waals surface area contributed by atoms with E-state index in [1.54, 1.807) is 0 Å². The van der Waals surface area contributed by atoms with Crippen LogP contribution in [0.3, 0.4) is 0 Å². The molecule has 0 rings (SSSR count). The molecule has 0 radical (unpaired) electrons. The lowest BCUT2D eigenvalue weighted by molar-refractivity contribution is -0.165. The van der Waals surface area contributed by atoms with Gasteiger partial charge in [0.05, 0.1) is 6.61 Å². The van der Waals surface area contributed by atoms with Gasteiger partial charge in [-0.1, -0.05) is 6.08 Å². The molecule has 72 valence electrons. The van der Waals surface area contributed by atoms with Crippen molar-refractivity contribution in [3.05, 3.63) is 12.7 Å². The minimum Gasteiger partial charge on any atom is -0.365 e. The van der Waals surface area contributed by atoms with Crippen molar-refractivity contribution in [3.63, 3.8) is 0 Å². The smallest absolute Gasteiger partial charge is 0.270 e. The largest absolute Gasteiger partial charge is 0.365 e. The Balaban J connectivity index is 4.13. The van der Waals surface area contributed by atoms with E-state index in [1.807, 2.05) is 0 Å². The summed E-state index contributed by atoms with van der Waals surface area (Å²) in [6.45, 7) is 4.47. The molecule has 0 saturated heterocycles. The van der Waals surface area contributed by atoms with Crippen molar-refractivity contribution in [2.75, 3.05) is 12.4 Å². The Morgan fingerprint density at radius 1 is 1.67 bits per heavy atom. The van der Waals surface area contributed by atoms with E-state index >= 15 is 0 Å². The molecule has 0 aromatic carbocycles. The van der Waals surface area contributed by atoms with Crippen molar-refractivity contribution in [2.24, 2.45) is 0 Å². The van der Waals surface area contributed by atoms with Gasteiger partial charge in [0.25, 0.3) is 10.1 Å². The number of hydrogen-bond donors (Lipinski definition) is 2. The summed E-state index contributed by atoms with van der Waals surface area (Å²) in [6, 6.07) is 0. The Morgan fingerprint density at radius 2 is 2.17 bits per heavy atom. The van der Waals surface area contributed by atoms with Gasteiger partial charge in [-0.3, -0.25) is 4.55 Å². The SMILES string of the molecule is C=CCOC(C)(O)CS(=O)(=O)O. The van der Waals surface area contributed by atoms with Crippen molar-refractivity contribution in [1.29, 1.82) is 0 Å². The molecule has 6 heteroatoms. The molecule has 0 aromatic rings. The fourth-order valence-electron chi connectivity index (χ4n) is 0.619. The molecule has 0 aliphatic heterocycles. The zero-order chi connectivity index (χ0) is 9.83. The molecule has 0 fully saturated rings. The summed E-state index contributed by atoms with van der Waals surface area (Å²) in [5, 5.41) is 9.17. The van der Waals surface area contributed by atoms with Gasteiger partial charge in [0.2, 0.25) is 0 Å².